The van der Waals surface area contributed by atoms with E-state index in [-0.39, 0.29) is 5.97 Å². The Morgan fingerprint density at radius 1 is 1.29 bits per heavy atom. The van der Waals surface area contributed by atoms with E-state index in [4.69, 9.17) is 27.9 Å². The number of benzene rings is 1. The van der Waals surface area contributed by atoms with Gasteiger partial charge in [-0.25, -0.2) is 4.79 Å². The summed E-state index contributed by atoms with van der Waals surface area (Å²) >= 11 is 12.3. The fourth-order valence-electron chi connectivity index (χ4n) is 2.65. The predicted octanol–water partition coefficient (Wildman–Crippen LogP) is 4.47. The van der Waals surface area contributed by atoms with E-state index in [0.29, 0.717) is 16.7 Å². The third kappa shape index (κ3) is 4.35. The summed E-state index contributed by atoms with van der Waals surface area (Å²) in [7, 11) is 0. The summed E-state index contributed by atoms with van der Waals surface area (Å²) in [6.07, 6.45) is 4.22. The molecule has 0 radical (unpaired) electrons. The van der Waals surface area contributed by atoms with Crippen molar-refractivity contribution in [1.82, 2.24) is 4.90 Å². The van der Waals surface area contributed by atoms with Crippen molar-refractivity contribution in [2.45, 2.75) is 38.6 Å². The van der Waals surface area contributed by atoms with E-state index in [9.17, 15) is 4.79 Å². The highest BCUT2D eigenvalue weighted by atomic mass is 35.5. The molecule has 0 aliphatic carbocycles. The molecule has 1 heterocycles. The van der Waals surface area contributed by atoms with Gasteiger partial charge in [0.15, 0.2) is 0 Å². The molecule has 21 heavy (non-hydrogen) atoms. The molecule has 0 bridgehead atoms. The van der Waals surface area contributed by atoms with Gasteiger partial charge in [-0.2, -0.15) is 0 Å². The van der Waals surface area contributed by atoms with Crippen LogP contribution in [0.15, 0.2) is 18.2 Å². The Hall–Kier alpha value is -0.770. The number of hydrogen-bond donors (Lipinski definition) is 0. The predicted molar refractivity (Wildman–Crippen MR) is 85.9 cm³/mol. The van der Waals surface area contributed by atoms with Gasteiger partial charge in [-0.1, -0.05) is 42.6 Å². The number of carbonyl (C=O) groups is 1. The maximum absolute atomic E-state index is 12.5. The molecule has 0 N–H and O–H groups in total. The van der Waals surface area contributed by atoms with Crippen molar-refractivity contribution in [1.29, 1.82) is 0 Å². The standard InChI is InChI=1S/C16H21Cl2NO2/c1-2-10-21-16(20)15(19-8-4-3-5-9-19)13-7-6-12(17)11-14(13)18/h6-7,11,15H,2-5,8-10H2,1H3/t15-/m0/s1. The van der Waals surface area contributed by atoms with E-state index in [1.54, 1.807) is 12.1 Å². The number of ether oxygens (including phenoxy) is 1. The average Bonchev–Trinajstić information content (AvgIpc) is 2.49. The van der Waals surface area contributed by atoms with Gasteiger partial charge in [0, 0.05) is 10.0 Å². The Kier molecular flexibility index (Phi) is 6.34. The molecule has 0 unspecified atom stereocenters. The zero-order valence-electron chi connectivity index (χ0n) is 12.3. The molecule has 0 saturated carbocycles. The number of carbonyl (C=O) groups excluding carboxylic acids is 1. The van der Waals surface area contributed by atoms with Crippen LogP contribution in [-0.2, 0) is 9.53 Å². The highest BCUT2D eigenvalue weighted by Gasteiger charge is 2.31. The van der Waals surface area contributed by atoms with Gasteiger partial charge in [-0.3, -0.25) is 4.90 Å². The Labute approximate surface area is 136 Å². The summed E-state index contributed by atoms with van der Waals surface area (Å²) in [5, 5.41) is 1.09. The summed E-state index contributed by atoms with van der Waals surface area (Å²) < 4.78 is 5.37. The van der Waals surface area contributed by atoms with Gasteiger partial charge in [0.2, 0.25) is 0 Å². The molecule has 3 nitrogen and oxygen atoms in total. The maximum atomic E-state index is 12.5. The minimum absolute atomic E-state index is 0.219. The molecule has 1 fully saturated rings. The largest absolute Gasteiger partial charge is 0.464 e. The number of likely N-dealkylation sites (tertiary alicyclic amines) is 1. The topological polar surface area (TPSA) is 29.5 Å². The molecular weight excluding hydrogens is 309 g/mol. The number of nitrogens with zero attached hydrogens (tertiary/aromatic N) is 1. The summed E-state index contributed by atoms with van der Waals surface area (Å²) in [5.41, 5.74) is 0.782. The first-order chi connectivity index (χ1) is 10.1. The smallest absolute Gasteiger partial charge is 0.328 e. The fraction of sp³-hybridized carbons (Fsp3) is 0.562. The minimum atomic E-state index is -0.429. The number of rotatable bonds is 5. The summed E-state index contributed by atoms with van der Waals surface area (Å²) in [6, 6.07) is 4.86. The fourth-order valence-corrected chi connectivity index (χ4v) is 3.17. The SMILES string of the molecule is CCCOC(=O)[C@H](c1ccc(Cl)cc1Cl)N1CCCCC1. The van der Waals surface area contributed by atoms with Crippen LogP contribution < -0.4 is 0 Å². The number of hydrogen-bond acceptors (Lipinski definition) is 3. The molecule has 5 heteroatoms. The number of halogens is 2. The molecule has 1 aliphatic rings. The van der Waals surface area contributed by atoms with Crippen molar-refractivity contribution in [2.75, 3.05) is 19.7 Å². The zero-order chi connectivity index (χ0) is 15.2. The van der Waals surface area contributed by atoms with Crippen LogP contribution >= 0.6 is 23.2 Å². The Morgan fingerprint density at radius 3 is 2.62 bits per heavy atom. The van der Waals surface area contributed by atoms with Crippen molar-refractivity contribution in [3.05, 3.63) is 33.8 Å². The highest BCUT2D eigenvalue weighted by molar-refractivity contribution is 6.35. The summed E-state index contributed by atoms with van der Waals surface area (Å²) in [5.74, 6) is -0.219. The van der Waals surface area contributed by atoms with Crippen LogP contribution in [0.2, 0.25) is 10.0 Å². The average molecular weight is 330 g/mol. The Morgan fingerprint density at radius 2 is 2.00 bits per heavy atom. The van der Waals surface area contributed by atoms with E-state index in [1.165, 1.54) is 6.42 Å². The van der Waals surface area contributed by atoms with Crippen molar-refractivity contribution in [3.8, 4) is 0 Å². The second-order valence-electron chi connectivity index (χ2n) is 5.33. The maximum Gasteiger partial charge on any atom is 0.328 e. The van der Waals surface area contributed by atoms with Crippen LogP contribution in [0.4, 0.5) is 0 Å². The second kappa shape index (κ2) is 8.02. The molecule has 0 spiro atoms. The van der Waals surface area contributed by atoms with E-state index in [1.807, 2.05) is 13.0 Å². The number of esters is 1. The quantitative estimate of drug-likeness (QED) is 0.746. The van der Waals surface area contributed by atoms with Crippen LogP contribution in [0.1, 0.15) is 44.2 Å². The second-order valence-corrected chi connectivity index (χ2v) is 6.18. The first kappa shape index (κ1) is 16.6. The Bertz CT molecular complexity index is 487. The first-order valence-corrected chi connectivity index (χ1v) is 8.24. The third-order valence-corrected chi connectivity index (χ3v) is 4.25. The molecule has 0 aromatic heterocycles. The van der Waals surface area contributed by atoms with Gasteiger partial charge in [0.05, 0.1) is 6.61 Å². The molecule has 116 valence electrons. The van der Waals surface area contributed by atoms with Gasteiger partial charge in [-0.15, -0.1) is 0 Å². The monoisotopic (exact) mass is 329 g/mol. The van der Waals surface area contributed by atoms with E-state index < -0.39 is 6.04 Å². The van der Waals surface area contributed by atoms with Crippen LogP contribution in [-0.4, -0.2) is 30.6 Å². The van der Waals surface area contributed by atoms with Gasteiger partial charge in [0.25, 0.3) is 0 Å². The van der Waals surface area contributed by atoms with Crippen LogP contribution in [0.5, 0.6) is 0 Å². The molecule has 2 rings (SSSR count). The normalized spacial score (nSPS) is 17.5. The lowest BCUT2D eigenvalue weighted by Gasteiger charge is -2.33. The molecule has 1 aromatic carbocycles. The van der Waals surface area contributed by atoms with Gasteiger partial charge >= 0.3 is 5.97 Å². The molecule has 1 saturated heterocycles. The lowest BCUT2D eigenvalue weighted by molar-refractivity contribution is -0.150. The first-order valence-electron chi connectivity index (χ1n) is 7.49. The van der Waals surface area contributed by atoms with Crippen molar-refractivity contribution < 1.29 is 9.53 Å². The third-order valence-electron chi connectivity index (χ3n) is 3.68. The van der Waals surface area contributed by atoms with E-state index in [2.05, 4.69) is 4.90 Å². The number of piperidine rings is 1. The molecule has 1 atom stereocenters. The van der Waals surface area contributed by atoms with Gasteiger partial charge < -0.3 is 4.74 Å². The van der Waals surface area contributed by atoms with E-state index in [0.717, 1.165) is 37.9 Å². The Balaban J connectivity index is 2.27. The molecular formula is C16H21Cl2NO2. The van der Waals surface area contributed by atoms with Crippen molar-refractivity contribution >= 4 is 29.2 Å². The lowest BCUT2D eigenvalue weighted by atomic mass is 10.0. The summed E-state index contributed by atoms with van der Waals surface area (Å²) in [6.45, 7) is 4.21. The summed E-state index contributed by atoms with van der Waals surface area (Å²) in [4.78, 5) is 14.6. The zero-order valence-corrected chi connectivity index (χ0v) is 13.8. The minimum Gasteiger partial charge on any atom is -0.464 e. The van der Waals surface area contributed by atoms with E-state index >= 15 is 0 Å². The van der Waals surface area contributed by atoms with Crippen LogP contribution in [0.25, 0.3) is 0 Å². The van der Waals surface area contributed by atoms with Crippen molar-refractivity contribution in [3.63, 3.8) is 0 Å². The van der Waals surface area contributed by atoms with Gasteiger partial charge in [-0.05, 0) is 50.0 Å². The highest BCUT2D eigenvalue weighted by Crippen LogP contribution is 2.32. The molecule has 0 amide bonds. The lowest BCUT2D eigenvalue weighted by Crippen LogP contribution is -2.39. The van der Waals surface area contributed by atoms with Crippen LogP contribution in [0.3, 0.4) is 0 Å². The van der Waals surface area contributed by atoms with Gasteiger partial charge in [0.1, 0.15) is 6.04 Å². The molecule has 1 aliphatic heterocycles. The van der Waals surface area contributed by atoms with Crippen LogP contribution in [0, 0.1) is 0 Å². The molecule has 1 aromatic rings. The van der Waals surface area contributed by atoms with Crippen molar-refractivity contribution in [2.24, 2.45) is 0 Å².